The van der Waals surface area contributed by atoms with Crippen molar-refractivity contribution in [3.05, 3.63) is 56.8 Å². The molecule has 3 heterocycles. The van der Waals surface area contributed by atoms with Crippen LogP contribution in [0.1, 0.15) is 40.6 Å². The Morgan fingerprint density at radius 1 is 1.33 bits per heavy atom. The molecule has 0 radical (unpaired) electrons. The van der Waals surface area contributed by atoms with Gasteiger partial charge in [-0.1, -0.05) is 24.4 Å². The topological polar surface area (TPSA) is 44.9 Å². The van der Waals surface area contributed by atoms with E-state index in [1.165, 1.54) is 16.1 Å². The maximum atomic E-state index is 9.43. The SMILES string of the molecule is Cc1cc(C)n(CN2CCC[C@H](c3nc4ccccc4s3)C2)c(=S)c1C#N. The molecule has 0 spiro atoms. The minimum Gasteiger partial charge on any atom is -0.322 e. The number of benzene rings is 1. The zero-order valence-corrected chi connectivity index (χ0v) is 17.2. The molecule has 2 aromatic heterocycles. The number of rotatable bonds is 3. The minimum atomic E-state index is 0.464. The standard InChI is InChI=1S/C21H22N4S2/c1-14-10-15(2)25(21(26)17(14)11-22)13-24-9-5-6-16(12-24)20-23-18-7-3-4-8-19(18)27-20/h3-4,7-8,10,16H,5-6,9,12-13H2,1-2H3/t16-/m0/s1. The molecule has 1 aliphatic heterocycles. The molecule has 138 valence electrons. The molecule has 0 bridgehead atoms. The largest absolute Gasteiger partial charge is 0.322 e. The highest BCUT2D eigenvalue weighted by atomic mass is 32.1. The lowest BCUT2D eigenvalue weighted by Gasteiger charge is -2.33. The fraction of sp³-hybridized carbons (Fsp3) is 0.381. The van der Waals surface area contributed by atoms with Gasteiger partial charge in [0.25, 0.3) is 0 Å². The van der Waals surface area contributed by atoms with Crippen molar-refractivity contribution < 1.29 is 0 Å². The number of fused-ring (bicyclic) bond motifs is 1. The first-order valence-corrected chi connectivity index (χ1v) is 10.5. The second-order valence-corrected chi connectivity index (χ2v) is 8.72. The smallest absolute Gasteiger partial charge is 0.125 e. The quantitative estimate of drug-likeness (QED) is 0.576. The lowest BCUT2D eigenvalue weighted by Crippen LogP contribution is -2.36. The predicted octanol–water partition coefficient (Wildman–Crippen LogP) is 5.15. The van der Waals surface area contributed by atoms with Gasteiger partial charge in [-0.3, -0.25) is 4.90 Å². The van der Waals surface area contributed by atoms with E-state index in [1.807, 2.05) is 24.3 Å². The lowest BCUT2D eigenvalue weighted by atomic mass is 9.99. The maximum absolute atomic E-state index is 9.43. The average molecular weight is 395 g/mol. The zero-order valence-electron chi connectivity index (χ0n) is 15.6. The second kappa shape index (κ2) is 7.51. The Morgan fingerprint density at radius 3 is 2.93 bits per heavy atom. The van der Waals surface area contributed by atoms with Gasteiger partial charge in [-0.2, -0.15) is 5.26 Å². The summed E-state index contributed by atoms with van der Waals surface area (Å²) >= 11 is 7.42. The molecule has 0 N–H and O–H groups in total. The van der Waals surface area contributed by atoms with E-state index in [-0.39, 0.29) is 0 Å². The van der Waals surface area contributed by atoms with Crippen LogP contribution in [-0.4, -0.2) is 27.5 Å². The third-order valence-electron chi connectivity index (χ3n) is 5.32. The highest BCUT2D eigenvalue weighted by Gasteiger charge is 2.24. The molecular formula is C21H22N4S2. The van der Waals surface area contributed by atoms with Crippen molar-refractivity contribution in [1.29, 1.82) is 5.26 Å². The summed E-state index contributed by atoms with van der Waals surface area (Å²) in [4.78, 5) is 7.32. The second-order valence-electron chi connectivity index (χ2n) is 7.27. The summed E-state index contributed by atoms with van der Waals surface area (Å²) in [5.41, 5.74) is 3.79. The highest BCUT2D eigenvalue weighted by Crippen LogP contribution is 2.33. The summed E-state index contributed by atoms with van der Waals surface area (Å²) in [5.74, 6) is 0.464. The summed E-state index contributed by atoms with van der Waals surface area (Å²) in [6.07, 6.45) is 2.34. The van der Waals surface area contributed by atoms with Gasteiger partial charge in [0.1, 0.15) is 10.7 Å². The molecule has 6 heteroatoms. The molecule has 1 atom stereocenters. The average Bonchev–Trinajstić information content (AvgIpc) is 3.10. The first-order valence-electron chi connectivity index (χ1n) is 9.26. The predicted molar refractivity (Wildman–Crippen MR) is 113 cm³/mol. The normalized spacial score (nSPS) is 17.9. The number of aryl methyl sites for hydroxylation is 2. The van der Waals surface area contributed by atoms with Crippen molar-refractivity contribution >= 4 is 33.8 Å². The number of nitriles is 1. The molecule has 1 aromatic carbocycles. The molecule has 1 aliphatic rings. The van der Waals surface area contributed by atoms with Crippen LogP contribution in [0, 0.1) is 29.8 Å². The number of thiazole rings is 1. The number of aromatic nitrogens is 2. The molecule has 1 fully saturated rings. The molecule has 4 rings (SSSR count). The van der Waals surface area contributed by atoms with Crippen LogP contribution < -0.4 is 0 Å². The van der Waals surface area contributed by atoms with Crippen LogP contribution >= 0.6 is 23.6 Å². The Balaban J connectivity index is 1.58. The molecule has 0 saturated carbocycles. The molecule has 1 saturated heterocycles. The van der Waals surface area contributed by atoms with E-state index >= 15 is 0 Å². The van der Waals surface area contributed by atoms with Crippen LogP contribution in [0.5, 0.6) is 0 Å². The first-order chi connectivity index (χ1) is 13.1. The van der Waals surface area contributed by atoms with E-state index in [4.69, 9.17) is 17.2 Å². The summed E-state index contributed by atoms with van der Waals surface area (Å²) in [6.45, 7) is 6.80. The zero-order chi connectivity index (χ0) is 19.0. The maximum Gasteiger partial charge on any atom is 0.125 e. The number of hydrogen-bond donors (Lipinski definition) is 0. The van der Waals surface area contributed by atoms with Gasteiger partial charge in [0.15, 0.2) is 0 Å². The monoisotopic (exact) mass is 394 g/mol. The van der Waals surface area contributed by atoms with E-state index < -0.39 is 0 Å². The lowest BCUT2D eigenvalue weighted by molar-refractivity contribution is 0.163. The van der Waals surface area contributed by atoms with Crippen LogP contribution in [-0.2, 0) is 6.67 Å². The van der Waals surface area contributed by atoms with Crippen LogP contribution in [0.2, 0.25) is 0 Å². The fourth-order valence-electron chi connectivity index (χ4n) is 3.89. The molecule has 27 heavy (non-hydrogen) atoms. The van der Waals surface area contributed by atoms with E-state index in [0.717, 1.165) is 43.0 Å². The van der Waals surface area contributed by atoms with E-state index in [2.05, 4.69) is 46.7 Å². The number of likely N-dealkylation sites (tertiary alicyclic amines) is 1. The number of pyridine rings is 1. The Kier molecular flexibility index (Phi) is 5.09. The third-order valence-corrected chi connectivity index (χ3v) is 6.95. The van der Waals surface area contributed by atoms with Crippen molar-refractivity contribution in [3.8, 4) is 6.07 Å². The van der Waals surface area contributed by atoms with Gasteiger partial charge < -0.3 is 4.57 Å². The van der Waals surface area contributed by atoms with Gasteiger partial charge in [-0.15, -0.1) is 11.3 Å². The van der Waals surface area contributed by atoms with E-state index in [1.54, 1.807) is 0 Å². The van der Waals surface area contributed by atoms with Crippen molar-refractivity contribution in [2.45, 2.75) is 39.3 Å². The molecule has 0 aliphatic carbocycles. The molecule has 3 aromatic rings. The number of hydrogen-bond acceptors (Lipinski definition) is 5. The number of para-hydroxylation sites is 1. The fourth-order valence-corrected chi connectivity index (χ4v) is 5.39. The van der Waals surface area contributed by atoms with Crippen molar-refractivity contribution in [3.63, 3.8) is 0 Å². The van der Waals surface area contributed by atoms with Crippen LogP contribution in [0.15, 0.2) is 30.3 Å². The van der Waals surface area contributed by atoms with Gasteiger partial charge in [-0.05, 0) is 57.0 Å². The van der Waals surface area contributed by atoms with Crippen LogP contribution in [0.4, 0.5) is 0 Å². The van der Waals surface area contributed by atoms with Crippen LogP contribution in [0.3, 0.4) is 0 Å². The van der Waals surface area contributed by atoms with Crippen molar-refractivity contribution in [2.75, 3.05) is 13.1 Å². The Morgan fingerprint density at radius 2 is 2.15 bits per heavy atom. The summed E-state index contributed by atoms with van der Waals surface area (Å²) in [7, 11) is 0. The van der Waals surface area contributed by atoms with E-state index in [0.29, 0.717) is 16.1 Å². The van der Waals surface area contributed by atoms with Crippen molar-refractivity contribution in [2.24, 2.45) is 0 Å². The van der Waals surface area contributed by atoms with Crippen molar-refractivity contribution in [1.82, 2.24) is 14.5 Å². The molecule has 0 unspecified atom stereocenters. The molecule has 4 nitrogen and oxygen atoms in total. The van der Waals surface area contributed by atoms with Crippen LogP contribution in [0.25, 0.3) is 10.2 Å². The summed E-state index contributed by atoms with van der Waals surface area (Å²) in [5, 5.41) is 10.7. The Bertz CT molecular complexity index is 1060. The van der Waals surface area contributed by atoms with Gasteiger partial charge in [0.2, 0.25) is 0 Å². The number of piperidine rings is 1. The molecular weight excluding hydrogens is 372 g/mol. The van der Waals surface area contributed by atoms with E-state index in [9.17, 15) is 5.26 Å². The minimum absolute atomic E-state index is 0.464. The third kappa shape index (κ3) is 3.55. The van der Waals surface area contributed by atoms with Gasteiger partial charge in [-0.25, -0.2) is 4.98 Å². The summed E-state index contributed by atoms with van der Waals surface area (Å²) in [6, 6.07) is 12.7. The summed E-state index contributed by atoms with van der Waals surface area (Å²) < 4.78 is 4.01. The Hall–Kier alpha value is -2.07. The first kappa shape index (κ1) is 18.3. The Labute approximate surface area is 168 Å². The van der Waals surface area contributed by atoms with Gasteiger partial charge in [0, 0.05) is 18.2 Å². The highest BCUT2D eigenvalue weighted by molar-refractivity contribution is 7.71. The van der Waals surface area contributed by atoms with Gasteiger partial charge >= 0.3 is 0 Å². The number of nitrogens with zero attached hydrogens (tertiary/aromatic N) is 4. The molecule has 0 amide bonds. The van der Waals surface area contributed by atoms with Gasteiger partial charge in [0.05, 0.1) is 27.5 Å².